The van der Waals surface area contributed by atoms with Crippen molar-refractivity contribution in [1.29, 1.82) is 0 Å². The highest BCUT2D eigenvalue weighted by molar-refractivity contribution is 6.31. The van der Waals surface area contributed by atoms with Gasteiger partial charge in [0.25, 0.3) is 0 Å². The number of aromatic nitrogens is 1. The predicted molar refractivity (Wildman–Crippen MR) is 90.0 cm³/mol. The van der Waals surface area contributed by atoms with Gasteiger partial charge in [0, 0.05) is 22.1 Å². The van der Waals surface area contributed by atoms with Gasteiger partial charge in [0.1, 0.15) is 0 Å². The number of aryl methyl sites for hydroxylation is 1. The molecule has 21 heavy (non-hydrogen) atoms. The fourth-order valence-electron chi connectivity index (χ4n) is 2.85. The molecule has 0 aliphatic rings. The number of nitrogens with zero attached hydrogens (tertiary/aromatic N) is 1. The van der Waals surface area contributed by atoms with E-state index in [1.165, 1.54) is 22.1 Å². The quantitative estimate of drug-likeness (QED) is 0.737. The molecule has 1 heterocycles. The summed E-state index contributed by atoms with van der Waals surface area (Å²) in [6, 6.07) is 14.9. The molecular formula is C18H19ClN2. The minimum Gasteiger partial charge on any atom is -0.361 e. The number of rotatable bonds is 3. The second-order valence-electron chi connectivity index (χ2n) is 5.71. The molecule has 0 aliphatic heterocycles. The summed E-state index contributed by atoms with van der Waals surface area (Å²) >= 11 is 6.17. The SMILES string of the molecule is Cc1ccc(C(c2c[nH]c3ccc(Cl)cc23)N(C)C)cc1. The van der Waals surface area contributed by atoms with Gasteiger partial charge in [-0.05, 0) is 50.3 Å². The maximum Gasteiger partial charge on any atom is 0.0618 e. The Kier molecular flexibility index (Phi) is 3.75. The van der Waals surface area contributed by atoms with Crippen LogP contribution in [0, 0.1) is 6.92 Å². The van der Waals surface area contributed by atoms with Crippen LogP contribution in [0.5, 0.6) is 0 Å². The van der Waals surface area contributed by atoms with Crippen LogP contribution in [0.2, 0.25) is 5.02 Å². The van der Waals surface area contributed by atoms with Crippen molar-refractivity contribution in [3.63, 3.8) is 0 Å². The zero-order valence-electron chi connectivity index (χ0n) is 12.5. The van der Waals surface area contributed by atoms with Crippen molar-refractivity contribution in [2.45, 2.75) is 13.0 Å². The molecule has 1 atom stereocenters. The van der Waals surface area contributed by atoms with Crippen LogP contribution < -0.4 is 0 Å². The summed E-state index contributed by atoms with van der Waals surface area (Å²) in [5.74, 6) is 0. The van der Waals surface area contributed by atoms with Gasteiger partial charge in [0.15, 0.2) is 0 Å². The molecule has 0 bridgehead atoms. The van der Waals surface area contributed by atoms with Gasteiger partial charge >= 0.3 is 0 Å². The van der Waals surface area contributed by atoms with E-state index >= 15 is 0 Å². The number of benzene rings is 2. The molecule has 0 aliphatic carbocycles. The molecule has 0 fully saturated rings. The van der Waals surface area contributed by atoms with Crippen LogP contribution in [-0.4, -0.2) is 24.0 Å². The first-order chi connectivity index (χ1) is 10.1. The first-order valence-electron chi connectivity index (χ1n) is 7.06. The van der Waals surface area contributed by atoms with Gasteiger partial charge in [0.05, 0.1) is 6.04 Å². The summed E-state index contributed by atoms with van der Waals surface area (Å²) < 4.78 is 0. The molecule has 3 heteroatoms. The van der Waals surface area contributed by atoms with Gasteiger partial charge in [-0.15, -0.1) is 0 Å². The third-order valence-electron chi connectivity index (χ3n) is 3.88. The van der Waals surface area contributed by atoms with Crippen molar-refractivity contribution in [3.8, 4) is 0 Å². The Balaban J connectivity index is 2.15. The second kappa shape index (κ2) is 5.55. The highest BCUT2D eigenvalue weighted by Crippen LogP contribution is 2.33. The number of halogens is 1. The molecule has 2 nitrogen and oxygen atoms in total. The normalized spacial score (nSPS) is 13.0. The summed E-state index contributed by atoms with van der Waals surface area (Å²) in [4.78, 5) is 5.58. The van der Waals surface area contributed by atoms with Crippen LogP contribution in [0.4, 0.5) is 0 Å². The Morgan fingerprint density at radius 1 is 1.05 bits per heavy atom. The number of nitrogens with one attached hydrogen (secondary N) is 1. The standard InChI is InChI=1S/C18H19ClN2/c1-12-4-6-13(7-5-12)18(21(2)3)16-11-20-17-9-8-14(19)10-15(16)17/h4-11,18,20H,1-3H3. The fourth-order valence-corrected chi connectivity index (χ4v) is 3.02. The summed E-state index contributed by atoms with van der Waals surface area (Å²) in [5.41, 5.74) is 4.93. The number of hydrogen-bond acceptors (Lipinski definition) is 1. The molecule has 2 aromatic carbocycles. The van der Waals surface area contributed by atoms with Gasteiger partial charge < -0.3 is 4.98 Å². The zero-order valence-corrected chi connectivity index (χ0v) is 13.3. The predicted octanol–water partition coefficient (Wildman–Crippen LogP) is 4.78. The van der Waals surface area contributed by atoms with E-state index in [1.807, 2.05) is 18.2 Å². The topological polar surface area (TPSA) is 19.0 Å². The minimum absolute atomic E-state index is 0.206. The van der Waals surface area contributed by atoms with Gasteiger partial charge in [-0.25, -0.2) is 0 Å². The van der Waals surface area contributed by atoms with E-state index in [2.05, 4.69) is 61.4 Å². The molecular weight excluding hydrogens is 280 g/mol. The van der Waals surface area contributed by atoms with E-state index in [0.29, 0.717) is 0 Å². The molecule has 0 saturated heterocycles. The molecule has 1 N–H and O–H groups in total. The van der Waals surface area contributed by atoms with E-state index in [1.54, 1.807) is 0 Å². The van der Waals surface area contributed by atoms with Crippen LogP contribution in [0.15, 0.2) is 48.7 Å². The number of H-pyrrole nitrogens is 1. The van der Waals surface area contributed by atoms with Crippen molar-refractivity contribution in [1.82, 2.24) is 9.88 Å². The molecule has 0 spiro atoms. The van der Waals surface area contributed by atoms with Crippen molar-refractivity contribution >= 4 is 22.5 Å². The zero-order chi connectivity index (χ0) is 15.0. The molecule has 108 valence electrons. The molecule has 1 aromatic heterocycles. The van der Waals surface area contributed by atoms with E-state index in [9.17, 15) is 0 Å². The van der Waals surface area contributed by atoms with Gasteiger partial charge in [-0.3, -0.25) is 4.90 Å². The van der Waals surface area contributed by atoms with Crippen molar-refractivity contribution in [2.75, 3.05) is 14.1 Å². The number of fused-ring (bicyclic) bond motifs is 1. The molecule has 0 radical (unpaired) electrons. The smallest absolute Gasteiger partial charge is 0.0618 e. The van der Waals surface area contributed by atoms with Crippen molar-refractivity contribution in [2.24, 2.45) is 0 Å². The van der Waals surface area contributed by atoms with E-state index < -0.39 is 0 Å². The van der Waals surface area contributed by atoms with E-state index in [-0.39, 0.29) is 6.04 Å². The summed E-state index contributed by atoms with van der Waals surface area (Å²) in [5, 5.41) is 1.95. The first-order valence-corrected chi connectivity index (χ1v) is 7.43. The monoisotopic (exact) mass is 298 g/mol. The van der Waals surface area contributed by atoms with Crippen molar-refractivity contribution in [3.05, 3.63) is 70.4 Å². The Bertz CT molecular complexity index is 756. The largest absolute Gasteiger partial charge is 0.361 e. The van der Waals surface area contributed by atoms with Crippen LogP contribution in [-0.2, 0) is 0 Å². The summed E-state index contributed by atoms with van der Waals surface area (Å²) in [6.07, 6.45) is 2.09. The molecule has 0 amide bonds. The van der Waals surface area contributed by atoms with Crippen LogP contribution in [0.3, 0.4) is 0 Å². The third kappa shape index (κ3) is 2.69. The first kappa shape index (κ1) is 14.2. The third-order valence-corrected chi connectivity index (χ3v) is 4.11. The Hall–Kier alpha value is -1.77. The van der Waals surface area contributed by atoms with Crippen LogP contribution in [0.1, 0.15) is 22.7 Å². The molecule has 3 aromatic rings. The van der Waals surface area contributed by atoms with Gasteiger partial charge in [-0.2, -0.15) is 0 Å². The fraction of sp³-hybridized carbons (Fsp3) is 0.222. The average Bonchev–Trinajstić information content (AvgIpc) is 2.84. The Labute approximate surface area is 130 Å². The molecule has 1 unspecified atom stereocenters. The second-order valence-corrected chi connectivity index (χ2v) is 6.15. The number of aromatic amines is 1. The summed E-state index contributed by atoms with van der Waals surface area (Å²) in [6.45, 7) is 2.11. The van der Waals surface area contributed by atoms with Crippen LogP contribution >= 0.6 is 11.6 Å². The van der Waals surface area contributed by atoms with Crippen molar-refractivity contribution < 1.29 is 0 Å². The lowest BCUT2D eigenvalue weighted by Gasteiger charge is -2.25. The summed E-state index contributed by atoms with van der Waals surface area (Å²) in [7, 11) is 4.21. The minimum atomic E-state index is 0.206. The maximum atomic E-state index is 6.17. The van der Waals surface area contributed by atoms with Crippen LogP contribution in [0.25, 0.3) is 10.9 Å². The molecule has 3 rings (SSSR count). The lowest BCUT2D eigenvalue weighted by atomic mass is 9.96. The Morgan fingerprint density at radius 2 is 1.76 bits per heavy atom. The highest BCUT2D eigenvalue weighted by atomic mass is 35.5. The maximum absolute atomic E-state index is 6.17. The average molecular weight is 299 g/mol. The van der Waals surface area contributed by atoms with Gasteiger partial charge in [0.2, 0.25) is 0 Å². The van der Waals surface area contributed by atoms with E-state index in [4.69, 9.17) is 11.6 Å². The Morgan fingerprint density at radius 3 is 2.43 bits per heavy atom. The lowest BCUT2D eigenvalue weighted by molar-refractivity contribution is 0.344. The molecule has 0 saturated carbocycles. The number of hydrogen-bond donors (Lipinski definition) is 1. The lowest BCUT2D eigenvalue weighted by Crippen LogP contribution is -2.20. The van der Waals surface area contributed by atoms with E-state index in [0.717, 1.165) is 10.5 Å². The highest BCUT2D eigenvalue weighted by Gasteiger charge is 2.20. The van der Waals surface area contributed by atoms with Gasteiger partial charge in [-0.1, -0.05) is 41.4 Å².